The van der Waals surface area contributed by atoms with Crippen molar-refractivity contribution in [2.45, 2.75) is 13.1 Å². The van der Waals surface area contributed by atoms with Crippen LogP contribution < -0.4 is 5.32 Å². The molecule has 0 spiro atoms. The van der Waals surface area contributed by atoms with Gasteiger partial charge in [0.1, 0.15) is 0 Å². The number of halogens is 4. The maximum Gasteiger partial charge on any atom is 0.490 e. The maximum absolute atomic E-state index is 10.8. The van der Waals surface area contributed by atoms with Crippen LogP contribution in [-0.4, -0.2) is 28.5 Å². The van der Waals surface area contributed by atoms with Crippen molar-refractivity contribution in [3.05, 3.63) is 53.1 Å². The smallest absolute Gasteiger partial charge is 0.475 e. The molecule has 0 atom stereocenters. The topological polar surface area (TPSA) is 86.6 Å². The predicted molar refractivity (Wildman–Crippen MR) is 87.0 cm³/mol. The number of amides is 1. The Morgan fingerprint density at radius 3 is 2.12 bits per heavy atom. The zero-order chi connectivity index (χ0) is 19.2. The van der Waals surface area contributed by atoms with Crippen LogP contribution in [0.25, 0.3) is 11.1 Å². The Labute approximate surface area is 145 Å². The summed E-state index contributed by atoms with van der Waals surface area (Å²) >= 11 is 5.96. The van der Waals surface area contributed by atoms with E-state index in [-0.39, 0.29) is 0 Å². The van der Waals surface area contributed by atoms with Crippen molar-refractivity contribution in [3.63, 3.8) is 0 Å². The SMILES string of the molecule is Cc1cccc(-c2cccc(Cl)c2)c1NC(=O)O.O=C(O)C(F)(F)F. The molecule has 0 aliphatic carbocycles. The first-order valence-corrected chi connectivity index (χ1v) is 7.05. The summed E-state index contributed by atoms with van der Waals surface area (Å²) in [5.74, 6) is -2.76. The predicted octanol–water partition coefficient (Wildman–Crippen LogP) is 5.04. The van der Waals surface area contributed by atoms with Crippen LogP contribution in [0.2, 0.25) is 5.02 Å². The number of carboxylic acids is 1. The van der Waals surface area contributed by atoms with Gasteiger partial charge in [0.25, 0.3) is 0 Å². The van der Waals surface area contributed by atoms with E-state index in [1.165, 1.54) is 0 Å². The van der Waals surface area contributed by atoms with Crippen LogP contribution >= 0.6 is 11.6 Å². The van der Waals surface area contributed by atoms with E-state index in [0.717, 1.165) is 16.7 Å². The van der Waals surface area contributed by atoms with Crippen molar-refractivity contribution in [1.82, 2.24) is 0 Å². The summed E-state index contributed by atoms with van der Waals surface area (Å²) in [5.41, 5.74) is 3.16. The van der Waals surface area contributed by atoms with Gasteiger partial charge in [0.05, 0.1) is 5.69 Å². The number of anilines is 1. The van der Waals surface area contributed by atoms with Crippen molar-refractivity contribution in [2.24, 2.45) is 0 Å². The van der Waals surface area contributed by atoms with E-state index in [1.807, 2.05) is 43.3 Å². The molecule has 0 unspecified atom stereocenters. The number of aryl methyl sites for hydroxylation is 1. The van der Waals surface area contributed by atoms with Crippen molar-refractivity contribution < 1.29 is 33.0 Å². The Morgan fingerprint density at radius 1 is 1.08 bits per heavy atom. The Kier molecular flexibility index (Phi) is 6.81. The summed E-state index contributed by atoms with van der Waals surface area (Å²) in [6, 6.07) is 12.9. The first-order valence-electron chi connectivity index (χ1n) is 6.68. The quantitative estimate of drug-likeness (QED) is 0.686. The zero-order valence-electron chi connectivity index (χ0n) is 12.8. The van der Waals surface area contributed by atoms with Crippen LogP contribution in [0.3, 0.4) is 0 Å². The third-order valence-corrected chi connectivity index (χ3v) is 3.12. The molecule has 0 heterocycles. The van der Waals surface area contributed by atoms with Gasteiger partial charge in [-0.2, -0.15) is 13.2 Å². The second kappa shape index (κ2) is 8.39. The van der Waals surface area contributed by atoms with E-state index in [4.69, 9.17) is 26.6 Å². The minimum Gasteiger partial charge on any atom is -0.475 e. The number of hydrogen-bond donors (Lipinski definition) is 3. The molecule has 3 N–H and O–H groups in total. The molecule has 2 rings (SSSR count). The van der Waals surface area contributed by atoms with Gasteiger partial charge in [-0.05, 0) is 30.2 Å². The highest BCUT2D eigenvalue weighted by molar-refractivity contribution is 6.30. The second-order valence-electron chi connectivity index (χ2n) is 4.74. The first-order chi connectivity index (χ1) is 11.5. The van der Waals surface area contributed by atoms with Gasteiger partial charge in [-0.1, -0.05) is 41.9 Å². The molecule has 9 heteroatoms. The standard InChI is InChI=1S/C14H12ClNO2.C2HF3O2/c1-9-4-2-7-12(13(9)16-14(17)18)10-5-3-6-11(15)8-10;3-2(4,5)1(6)7/h2-8,16H,1H3,(H,17,18);(H,6,7). The average Bonchev–Trinajstić information content (AvgIpc) is 2.48. The molecule has 25 heavy (non-hydrogen) atoms. The molecule has 0 radical (unpaired) electrons. The fraction of sp³-hybridized carbons (Fsp3) is 0.125. The molecule has 0 saturated carbocycles. The second-order valence-corrected chi connectivity index (χ2v) is 5.18. The van der Waals surface area contributed by atoms with Crippen molar-refractivity contribution in [2.75, 3.05) is 5.32 Å². The van der Waals surface area contributed by atoms with Crippen molar-refractivity contribution >= 4 is 29.4 Å². The lowest BCUT2D eigenvalue weighted by Crippen LogP contribution is -2.21. The van der Waals surface area contributed by atoms with Gasteiger partial charge in [0.15, 0.2) is 0 Å². The molecular formula is C16H13ClF3NO4. The number of aliphatic carboxylic acids is 1. The van der Waals surface area contributed by atoms with Gasteiger partial charge in [-0.15, -0.1) is 0 Å². The Morgan fingerprint density at radius 2 is 1.64 bits per heavy atom. The van der Waals surface area contributed by atoms with E-state index < -0.39 is 18.2 Å². The van der Waals surface area contributed by atoms with E-state index in [9.17, 15) is 18.0 Å². The molecule has 134 valence electrons. The Hall–Kier alpha value is -2.74. The van der Waals surface area contributed by atoms with Crippen LogP contribution in [-0.2, 0) is 4.79 Å². The zero-order valence-corrected chi connectivity index (χ0v) is 13.5. The molecule has 2 aromatic rings. The van der Waals surface area contributed by atoms with Crippen LogP contribution in [0.15, 0.2) is 42.5 Å². The van der Waals surface area contributed by atoms with E-state index in [0.29, 0.717) is 10.7 Å². The normalized spacial score (nSPS) is 10.4. The summed E-state index contributed by atoms with van der Waals surface area (Å²) < 4.78 is 31.7. The molecule has 0 aliphatic heterocycles. The van der Waals surface area contributed by atoms with Gasteiger partial charge in [-0.3, -0.25) is 5.32 Å². The van der Waals surface area contributed by atoms with Gasteiger partial charge < -0.3 is 10.2 Å². The first kappa shape index (κ1) is 20.3. The van der Waals surface area contributed by atoms with Crippen molar-refractivity contribution in [3.8, 4) is 11.1 Å². The highest BCUT2D eigenvalue weighted by Gasteiger charge is 2.38. The molecule has 0 saturated heterocycles. The van der Waals surface area contributed by atoms with Crippen molar-refractivity contribution in [1.29, 1.82) is 0 Å². The van der Waals surface area contributed by atoms with Crippen LogP contribution in [0, 0.1) is 6.92 Å². The molecule has 0 bridgehead atoms. The highest BCUT2D eigenvalue weighted by atomic mass is 35.5. The lowest BCUT2D eigenvalue weighted by molar-refractivity contribution is -0.192. The van der Waals surface area contributed by atoms with Gasteiger partial charge in [0.2, 0.25) is 0 Å². The monoisotopic (exact) mass is 375 g/mol. The molecule has 0 aliphatic rings. The third-order valence-electron chi connectivity index (χ3n) is 2.88. The van der Waals surface area contributed by atoms with Gasteiger partial charge in [0, 0.05) is 10.6 Å². The van der Waals surface area contributed by atoms with Crippen LogP contribution in [0.1, 0.15) is 5.56 Å². The van der Waals surface area contributed by atoms with Crippen LogP contribution in [0.4, 0.5) is 23.7 Å². The lowest BCUT2D eigenvalue weighted by atomic mass is 10.0. The van der Waals surface area contributed by atoms with E-state index in [1.54, 1.807) is 6.07 Å². The Balaban J connectivity index is 0.000000381. The fourth-order valence-electron chi connectivity index (χ4n) is 1.84. The number of rotatable bonds is 2. The van der Waals surface area contributed by atoms with E-state index in [2.05, 4.69) is 5.32 Å². The maximum atomic E-state index is 10.8. The number of nitrogens with one attached hydrogen (secondary N) is 1. The number of para-hydroxylation sites is 1. The summed E-state index contributed by atoms with van der Waals surface area (Å²) in [4.78, 5) is 19.7. The molecule has 0 aromatic heterocycles. The lowest BCUT2D eigenvalue weighted by Gasteiger charge is -2.12. The number of hydrogen-bond acceptors (Lipinski definition) is 2. The molecule has 2 aromatic carbocycles. The average molecular weight is 376 g/mol. The summed E-state index contributed by atoms with van der Waals surface area (Å²) in [6.45, 7) is 1.86. The number of benzene rings is 2. The molecule has 0 fully saturated rings. The third kappa shape index (κ3) is 6.34. The number of carboxylic acid groups (broad SMARTS) is 2. The van der Waals surface area contributed by atoms with Gasteiger partial charge >= 0.3 is 18.2 Å². The molecular weight excluding hydrogens is 363 g/mol. The Bertz CT molecular complexity index is 778. The minimum absolute atomic E-state index is 0.590. The summed E-state index contributed by atoms with van der Waals surface area (Å²) in [6.07, 6.45) is -6.16. The fourth-order valence-corrected chi connectivity index (χ4v) is 2.03. The van der Waals surface area contributed by atoms with E-state index >= 15 is 0 Å². The molecule has 1 amide bonds. The number of carbonyl (C=O) groups is 2. The van der Waals surface area contributed by atoms with Crippen LogP contribution in [0.5, 0.6) is 0 Å². The summed E-state index contributed by atoms with van der Waals surface area (Å²) in [5, 5.41) is 19.1. The minimum atomic E-state index is -5.08. The largest absolute Gasteiger partial charge is 0.490 e. The number of alkyl halides is 3. The summed E-state index contributed by atoms with van der Waals surface area (Å²) in [7, 11) is 0. The van der Waals surface area contributed by atoms with Gasteiger partial charge in [-0.25, -0.2) is 9.59 Å². The molecule has 5 nitrogen and oxygen atoms in total. The highest BCUT2D eigenvalue weighted by Crippen LogP contribution is 2.32.